The van der Waals surface area contributed by atoms with Crippen LogP contribution in [-0.2, 0) is 6.42 Å². The van der Waals surface area contributed by atoms with Gasteiger partial charge in [-0.25, -0.2) is 4.98 Å². The second-order valence-corrected chi connectivity index (χ2v) is 6.21. The average molecular weight is 286 g/mol. The van der Waals surface area contributed by atoms with Crippen LogP contribution in [0.5, 0.6) is 0 Å². The zero-order valence-electron chi connectivity index (χ0n) is 10.8. The van der Waals surface area contributed by atoms with E-state index in [0.29, 0.717) is 10.0 Å². The topological polar surface area (TPSA) is 40.7 Å². The fourth-order valence-electron chi connectivity index (χ4n) is 1.73. The van der Waals surface area contributed by atoms with Gasteiger partial charge in [0.1, 0.15) is 5.82 Å². The van der Waals surface area contributed by atoms with E-state index in [2.05, 4.69) is 36.1 Å². The largest absolute Gasteiger partial charge is 0.342 e. The van der Waals surface area contributed by atoms with Gasteiger partial charge in [-0.05, 0) is 32.9 Å². The van der Waals surface area contributed by atoms with Crippen LogP contribution in [0.15, 0.2) is 12.1 Å². The predicted octanol–water partition coefficient (Wildman–Crippen LogP) is 3.80. The standard InChI is InChI=1S/C13H17Cl2N3/c1-13(2,3)16-5-4-12-17-10-6-8(14)9(15)7-11(10)18-12/h6-7,16H,4-5H2,1-3H3,(H,17,18). The Morgan fingerprint density at radius 2 is 1.89 bits per heavy atom. The molecule has 0 atom stereocenters. The summed E-state index contributed by atoms with van der Waals surface area (Å²) in [5.74, 6) is 0.945. The van der Waals surface area contributed by atoms with Crippen LogP contribution in [0.4, 0.5) is 0 Å². The van der Waals surface area contributed by atoms with Gasteiger partial charge in [-0.1, -0.05) is 23.2 Å². The summed E-state index contributed by atoms with van der Waals surface area (Å²) in [6.45, 7) is 7.31. The number of fused-ring (bicyclic) bond motifs is 1. The first-order chi connectivity index (χ1) is 8.35. The predicted molar refractivity (Wildman–Crippen MR) is 77.6 cm³/mol. The number of rotatable bonds is 3. The molecule has 0 aliphatic rings. The summed E-state index contributed by atoms with van der Waals surface area (Å²) in [5.41, 5.74) is 1.91. The van der Waals surface area contributed by atoms with E-state index >= 15 is 0 Å². The first kappa shape index (κ1) is 13.7. The Bertz CT molecular complexity index is 516. The van der Waals surface area contributed by atoms with Gasteiger partial charge in [0.25, 0.3) is 0 Å². The molecule has 0 radical (unpaired) electrons. The molecule has 0 bridgehead atoms. The quantitative estimate of drug-likeness (QED) is 0.901. The smallest absolute Gasteiger partial charge is 0.108 e. The van der Waals surface area contributed by atoms with Gasteiger partial charge < -0.3 is 10.3 Å². The average Bonchev–Trinajstić information content (AvgIpc) is 2.58. The molecule has 5 heteroatoms. The van der Waals surface area contributed by atoms with E-state index < -0.39 is 0 Å². The van der Waals surface area contributed by atoms with Crippen molar-refractivity contribution in [2.24, 2.45) is 0 Å². The van der Waals surface area contributed by atoms with Crippen molar-refractivity contribution >= 4 is 34.2 Å². The molecule has 98 valence electrons. The highest BCUT2D eigenvalue weighted by molar-refractivity contribution is 6.42. The van der Waals surface area contributed by atoms with Gasteiger partial charge in [0, 0.05) is 18.5 Å². The van der Waals surface area contributed by atoms with Crippen molar-refractivity contribution < 1.29 is 0 Å². The summed E-state index contributed by atoms with van der Waals surface area (Å²) in [5, 5.41) is 4.51. The van der Waals surface area contributed by atoms with Crippen molar-refractivity contribution in [3.05, 3.63) is 28.0 Å². The molecule has 0 aliphatic carbocycles. The van der Waals surface area contributed by atoms with Crippen LogP contribution in [0.2, 0.25) is 10.0 Å². The Morgan fingerprint density at radius 3 is 2.56 bits per heavy atom. The minimum atomic E-state index is 0.124. The van der Waals surface area contributed by atoms with Gasteiger partial charge in [0.05, 0.1) is 21.1 Å². The number of hydrogen-bond donors (Lipinski definition) is 2. The molecule has 1 aromatic heterocycles. The third kappa shape index (κ3) is 3.37. The number of imidazole rings is 1. The Morgan fingerprint density at radius 1 is 1.22 bits per heavy atom. The van der Waals surface area contributed by atoms with E-state index in [1.54, 1.807) is 6.07 Å². The summed E-state index contributed by atoms with van der Waals surface area (Å²) in [6.07, 6.45) is 0.848. The Balaban J connectivity index is 2.11. The highest BCUT2D eigenvalue weighted by Crippen LogP contribution is 2.26. The van der Waals surface area contributed by atoms with Gasteiger partial charge >= 0.3 is 0 Å². The van der Waals surface area contributed by atoms with Gasteiger partial charge in [0.15, 0.2) is 0 Å². The number of nitrogens with zero attached hydrogens (tertiary/aromatic N) is 1. The molecule has 2 aromatic rings. The molecule has 0 saturated carbocycles. The maximum atomic E-state index is 5.97. The fraction of sp³-hybridized carbons (Fsp3) is 0.462. The Hall–Kier alpha value is -0.770. The summed E-state index contributed by atoms with van der Waals surface area (Å²) in [4.78, 5) is 7.75. The molecule has 3 nitrogen and oxygen atoms in total. The lowest BCUT2D eigenvalue weighted by Gasteiger charge is -2.19. The summed E-state index contributed by atoms with van der Waals surface area (Å²) in [7, 11) is 0. The van der Waals surface area contributed by atoms with Crippen LogP contribution in [0, 0.1) is 0 Å². The van der Waals surface area contributed by atoms with Gasteiger partial charge in [0.2, 0.25) is 0 Å². The van der Waals surface area contributed by atoms with Crippen LogP contribution in [0.25, 0.3) is 11.0 Å². The molecule has 2 rings (SSSR count). The normalized spacial score (nSPS) is 12.3. The number of H-pyrrole nitrogens is 1. The number of halogens is 2. The number of benzene rings is 1. The van der Waals surface area contributed by atoms with Crippen molar-refractivity contribution in [2.45, 2.75) is 32.7 Å². The van der Waals surface area contributed by atoms with Crippen LogP contribution < -0.4 is 5.32 Å². The lowest BCUT2D eigenvalue weighted by Crippen LogP contribution is -2.37. The second kappa shape index (κ2) is 5.08. The van der Waals surface area contributed by atoms with E-state index in [1.165, 1.54) is 0 Å². The molecule has 0 unspecified atom stereocenters. The van der Waals surface area contributed by atoms with Crippen LogP contribution >= 0.6 is 23.2 Å². The highest BCUT2D eigenvalue weighted by atomic mass is 35.5. The van der Waals surface area contributed by atoms with Crippen LogP contribution in [0.3, 0.4) is 0 Å². The summed E-state index contributed by atoms with van der Waals surface area (Å²) < 4.78 is 0. The molecule has 2 N–H and O–H groups in total. The molecule has 1 aromatic carbocycles. The molecule has 0 fully saturated rings. The molecule has 0 aliphatic heterocycles. The van der Waals surface area contributed by atoms with Gasteiger partial charge in [-0.2, -0.15) is 0 Å². The van der Waals surface area contributed by atoms with Crippen LogP contribution in [-0.4, -0.2) is 22.1 Å². The molecule has 18 heavy (non-hydrogen) atoms. The molecular weight excluding hydrogens is 269 g/mol. The van der Waals surface area contributed by atoms with E-state index in [0.717, 1.165) is 29.8 Å². The highest BCUT2D eigenvalue weighted by Gasteiger charge is 2.10. The minimum absolute atomic E-state index is 0.124. The fourth-order valence-corrected chi connectivity index (χ4v) is 2.05. The third-order valence-electron chi connectivity index (χ3n) is 2.59. The maximum absolute atomic E-state index is 5.97. The van der Waals surface area contributed by atoms with Crippen molar-refractivity contribution in [1.82, 2.24) is 15.3 Å². The zero-order valence-corrected chi connectivity index (χ0v) is 12.3. The monoisotopic (exact) mass is 285 g/mol. The first-order valence-electron chi connectivity index (χ1n) is 5.94. The van der Waals surface area contributed by atoms with Crippen molar-refractivity contribution in [3.63, 3.8) is 0 Å². The van der Waals surface area contributed by atoms with Crippen LogP contribution in [0.1, 0.15) is 26.6 Å². The van der Waals surface area contributed by atoms with Crippen molar-refractivity contribution in [3.8, 4) is 0 Å². The molecule has 0 saturated heterocycles. The molecule has 1 heterocycles. The second-order valence-electron chi connectivity index (χ2n) is 5.39. The Labute approximate surface area is 117 Å². The maximum Gasteiger partial charge on any atom is 0.108 e. The van der Waals surface area contributed by atoms with E-state index in [4.69, 9.17) is 23.2 Å². The van der Waals surface area contributed by atoms with Gasteiger partial charge in [-0.3, -0.25) is 0 Å². The first-order valence-corrected chi connectivity index (χ1v) is 6.69. The summed E-state index contributed by atoms with van der Waals surface area (Å²) in [6, 6.07) is 3.60. The van der Waals surface area contributed by atoms with E-state index in [1.807, 2.05) is 6.07 Å². The lowest BCUT2D eigenvalue weighted by molar-refractivity contribution is 0.428. The summed E-state index contributed by atoms with van der Waals surface area (Å²) >= 11 is 11.9. The Kier molecular flexibility index (Phi) is 3.85. The van der Waals surface area contributed by atoms with E-state index in [-0.39, 0.29) is 5.54 Å². The zero-order chi connectivity index (χ0) is 13.3. The molecular formula is C13H17Cl2N3. The number of aromatic nitrogens is 2. The number of aromatic amines is 1. The van der Waals surface area contributed by atoms with Crippen molar-refractivity contribution in [1.29, 1.82) is 0 Å². The lowest BCUT2D eigenvalue weighted by atomic mass is 10.1. The van der Waals surface area contributed by atoms with Gasteiger partial charge in [-0.15, -0.1) is 0 Å². The number of hydrogen-bond acceptors (Lipinski definition) is 2. The van der Waals surface area contributed by atoms with E-state index in [9.17, 15) is 0 Å². The SMILES string of the molecule is CC(C)(C)NCCc1nc2cc(Cl)c(Cl)cc2[nH]1. The molecule has 0 spiro atoms. The number of nitrogens with one attached hydrogen (secondary N) is 2. The molecule has 0 amide bonds. The third-order valence-corrected chi connectivity index (χ3v) is 3.31. The van der Waals surface area contributed by atoms with Crippen molar-refractivity contribution in [2.75, 3.05) is 6.54 Å². The minimum Gasteiger partial charge on any atom is -0.342 e.